The van der Waals surface area contributed by atoms with E-state index in [4.69, 9.17) is 13.9 Å². The number of para-hydroxylation sites is 1. The Morgan fingerprint density at radius 3 is 2.48 bits per heavy atom. The van der Waals surface area contributed by atoms with Crippen LogP contribution in [0.4, 0.5) is 0 Å². The third kappa shape index (κ3) is 3.49. The van der Waals surface area contributed by atoms with Gasteiger partial charge in [-0.15, -0.1) is 0 Å². The number of amides is 1. The van der Waals surface area contributed by atoms with Crippen LogP contribution in [0.2, 0.25) is 0 Å². The highest BCUT2D eigenvalue weighted by Gasteiger charge is 2.42. The number of nitrogens with zero attached hydrogens (tertiary/aromatic N) is 2. The Labute approximate surface area is 179 Å². The second kappa shape index (κ2) is 8.17. The molecule has 0 radical (unpaired) electrons. The quantitative estimate of drug-likeness (QED) is 0.632. The second-order valence-electron chi connectivity index (χ2n) is 7.80. The van der Waals surface area contributed by atoms with E-state index in [-0.39, 0.29) is 17.1 Å². The molecule has 7 heteroatoms. The Bertz CT molecular complexity index is 1160. The molecule has 0 N–H and O–H groups in total. The molecule has 0 aliphatic carbocycles. The highest BCUT2D eigenvalue weighted by molar-refractivity contribution is 5.99. The minimum absolute atomic E-state index is 0.145. The smallest absolute Gasteiger partial charge is 0.290 e. The van der Waals surface area contributed by atoms with Crippen molar-refractivity contribution in [2.75, 3.05) is 46.5 Å². The summed E-state index contributed by atoms with van der Waals surface area (Å²) >= 11 is 0. The first-order valence-electron chi connectivity index (χ1n) is 10.5. The van der Waals surface area contributed by atoms with Crippen molar-refractivity contribution in [3.63, 3.8) is 0 Å². The first kappa shape index (κ1) is 19.8. The first-order valence-corrected chi connectivity index (χ1v) is 10.5. The van der Waals surface area contributed by atoms with E-state index in [0.717, 1.165) is 24.4 Å². The maximum Gasteiger partial charge on any atom is 0.290 e. The lowest BCUT2D eigenvalue weighted by molar-refractivity contribution is 0.0314. The third-order valence-corrected chi connectivity index (χ3v) is 6.07. The molecular formula is C24H24N2O5. The molecule has 1 saturated heterocycles. The van der Waals surface area contributed by atoms with Gasteiger partial charge in [-0.2, -0.15) is 0 Å². The van der Waals surface area contributed by atoms with Crippen molar-refractivity contribution in [3.05, 3.63) is 75.6 Å². The summed E-state index contributed by atoms with van der Waals surface area (Å²) in [6.45, 7) is 4.27. The zero-order chi connectivity index (χ0) is 21.4. The molecule has 2 aliphatic rings. The summed E-state index contributed by atoms with van der Waals surface area (Å²) in [7, 11) is 1.61. The molecule has 0 saturated carbocycles. The summed E-state index contributed by atoms with van der Waals surface area (Å²) in [6, 6.07) is 14.1. The predicted molar refractivity (Wildman–Crippen MR) is 116 cm³/mol. The Hall–Kier alpha value is -3.16. The Kier molecular flexibility index (Phi) is 5.21. The standard InChI is InChI=1S/C24H24N2O5/c1-29-17-8-6-16(7-9-17)21-20-22(27)18-4-2-3-5-19(18)31-23(20)24(28)26(21)11-10-25-12-14-30-15-13-25/h2-9,21H,10-15H2,1H3/t21-/m0/s1. The van der Waals surface area contributed by atoms with Gasteiger partial charge >= 0.3 is 0 Å². The van der Waals surface area contributed by atoms with Gasteiger partial charge in [-0.1, -0.05) is 24.3 Å². The normalized spacial score (nSPS) is 19.1. The molecular weight excluding hydrogens is 396 g/mol. The van der Waals surface area contributed by atoms with E-state index in [1.807, 2.05) is 24.3 Å². The number of hydrogen-bond donors (Lipinski definition) is 0. The zero-order valence-corrected chi connectivity index (χ0v) is 17.4. The van der Waals surface area contributed by atoms with Crippen molar-refractivity contribution < 1.29 is 18.7 Å². The van der Waals surface area contributed by atoms with Crippen LogP contribution in [0.3, 0.4) is 0 Å². The summed E-state index contributed by atoms with van der Waals surface area (Å²) < 4.78 is 16.7. The topological polar surface area (TPSA) is 72.2 Å². The van der Waals surface area contributed by atoms with Gasteiger partial charge in [-0.25, -0.2) is 0 Å². The van der Waals surface area contributed by atoms with E-state index in [1.165, 1.54) is 0 Å². The molecule has 0 spiro atoms. The number of morpholine rings is 1. The van der Waals surface area contributed by atoms with Gasteiger partial charge in [-0.3, -0.25) is 14.5 Å². The lowest BCUT2D eigenvalue weighted by Crippen LogP contribution is -2.42. The molecule has 160 valence electrons. The maximum atomic E-state index is 13.4. The van der Waals surface area contributed by atoms with Crippen molar-refractivity contribution in [3.8, 4) is 5.75 Å². The fraction of sp³-hybridized carbons (Fsp3) is 0.333. The van der Waals surface area contributed by atoms with Crippen LogP contribution in [0.1, 0.15) is 27.7 Å². The molecule has 1 atom stereocenters. The molecule has 2 aliphatic heterocycles. The number of methoxy groups -OCH3 is 1. The van der Waals surface area contributed by atoms with Crippen molar-refractivity contribution in [2.24, 2.45) is 0 Å². The van der Waals surface area contributed by atoms with E-state index in [0.29, 0.717) is 42.8 Å². The average Bonchev–Trinajstić information content (AvgIpc) is 3.10. The van der Waals surface area contributed by atoms with Crippen molar-refractivity contribution >= 4 is 16.9 Å². The number of hydrogen-bond acceptors (Lipinski definition) is 6. The van der Waals surface area contributed by atoms with E-state index >= 15 is 0 Å². The zero-order valence-electron chi connectivity index (χ0n) is 17.4. The minimum Gasteiger partial charge on any atom is -0.497 e. The van der Waals surface area contributed by atoms with Crippen LogP contribution in [-0.2, 0) is 4.74 Å². The van der Waals surface area contributed by atoms with Crippen LogP contribution in [0, 0.1) is 0 Å². The van der Waals surface area contributed by atoms with Crippen LogP contribution in [-0.4, -0.2) is 62.2 Å². The highest BCUT2D eigenvalue weighted by atomic mass is 16.5. The summed E-state index contributed by atoms with van der Waals surface area (Å²) in [5.41, 5.74) is 1.55. The predicted octanol–water partition coefficient (Wildman–Crippen LogP) is 2.68. The summed E-state index contributed by atoms with van der Waals surface area (Å²) in [6.07, 6.45) is 0. The molecule has 31 heavy (non-hydrogen) atoms. The van der Waals surface area contributed by atoms with Crippen molar-refractivity contribution in [1.82, 2.24) is 9.80 Å². The van der Waals surface area contributed by atoms with Crippen LogP contribution in [0.5, 0.6) is 5.75 Å². The fourth-order valence-electron chi connectivity index (χ4n) is 4.40. The number of benzene rings is 2. The second-order valence-corrected chi connectivity index (χ2v) is 7.80. The van der Waals surface area contributed by atoms with Gasteiger partial charge in [0.1, 0.15) is 11.3 Å². The van der Waals surface area contributed by atoms with Gasteiger partial charge in [0, 0.05) is 26.2 Å². The number of fused-ring (bicyclic) bond motifs is 2. The molecule has 1 aromatic heterocycles. The van der Waals surface area contributed by atoms with Gasteiger partial charge in [0.25, 0.3) is 5.91 Å². The number of carbonyl (C=O) groups is 1. The molecule has 0 unspecified atom stereocenters. The van der Waals surface area contributed by atoms with Crippen LogP contribution < -0.4 is 10.2 Å². The third-order valence-electron chi connectivity index (χ3n) is 6.07. The Morgan fingerprint density at radius 1 is 1.00 bits per heavy atom. The lowest BCUT2D eigenvalue weighted by atomic mass is 9.98. The monoisotopic (exact) mass is 420 g/mol. The first-order chi connectivity index (χ1) is 15.2. The van der Waals surface area contributed by atoms with Crippen molar-refractivity contribution in [1.29, 1.82) is 0 Å². The molecule has 3 heterocycles. The average molecular weight is 420 g/mol. The van der Waals surface area contributed by atoms with E-state index in [2.05, 4.69) is 4.90 Å². The molecule has 1 amide bonds. The molecule has 1 fully saturated rings. The summed E-state index contributed by atoms with van der Waals surface area (Å²) in [4.78, 5) is 30.9. The molecule has 7 nitrogen and oxygen atoms in total. The largest absolute Gasteiger partial charge is 0.497 e. The van der Waals surface area contributed by atoms with E-state index < -0.39 is 6.04 Å². The number of rotatable bonds is 5. The highest BCUT2D eigenvalue weighted by Crippen LogP contribution is 2.38. The van der Waals surface area contributed by atoms with E-state index in [9.17, 15) is 9.59 Å². The Morgan fingerprint density at radius 2 is 1.74 bits per heavy atom. The lowest BCUT2D eigenvalue weighted by Gasteiger charge is -2.31. The number of ether oxygens (including phenoxy) is 2. The van der Waals surface area contributed by atoms with Gasteiger partial charge < -0.3 is 18.8 Å². The van der Waals surface area contributed by atoms with Crippen LogP contribution in [0.25, 0.3) is 11.0 Å². The van der Waals surface area contributed by atoms with Crippen molar-refractivity contribution in [2.45, 2.75) is 6.04 Å². The summed E-state index contributed by atoms with van der Waals surface area (Å²) in [5, 5.41) is 0.489. The van der Waals surface area contributed by atoms with E-state index in [1.54, 1.807) is 36.3 Å². The SMILES string of the molecule is COc1ccc([C@H]2c3c(oc4ccccc4c3=O)C(=O)N2CCN2CCOCC2)cc1. The van der Waals surface area contributed by atoms with Gasteiger partial charge in [0.15, 0.2) is 5.43 Å². The Balaban J connectivity index is 1.58. The van der Waals surface area contributed by atoms with Gasteiger partial charge in [-0.05, 0) is 29.8 Å². The van der Waals surface area contributed by atoms with Gasteiger partial charge in [0.05, 0.1) is 37.3 Å². The number of carbonyl (C=O) groups excluding carboxylic acids is 1. The molecule has 0 bridgehead atoms. The van der Waals surface area contributed by atoms with Gasteiger partial charge in [0.2, 0.25) is 5.76 Å². The molecule has 5 rings (SSSR count). The maximum absolute atomic E-state index is 13.4. The minimum atomic E-state index is -0.490. The van der Waals surface area contributed by atoms with Crippen LogP contribution >= 0.6 is 0 Å². The molecule has 2 aromatic carbocycles. The summed E-state index contributed by atoms with van der Waals surface area (Å²) in [5.74, 6) is 0.622. The van der Waals surface area contributed by atoms with Crippen LogP contribution in [0.15, 0.2) is 57.7 Å². The fourth-order valence-corrected chi connectivity index (χ4v) is 4.40. The molecule has 3 aromatic rings.